The van der Waals surface area contributed by atoms with E-state index in [2.05, 4.69) is 20.4 Å². The molecule has 0 fully saturated rings. The van der Waals surface area contributed by atoms with Crippen LogP contribution in [0.2, 0.25) is 0 Å². The standard InChI is InChI=1S/C20H11F3N6O2/c21-20(22,23)17-15(19(31)28-11-4-6-25-12(8-11)9-24)10-27-29(17)16-3-1-2-14-13(16)5-7-26-18(14)30/h1-8,10,14H,(H,25,28,31). The fraction of sp³-hybridized carbons (Fsp3) is 0.100. The number of rotatable bonds is 3. The van der Waals surface area contributed by atoms with E-state index in [9.17, 15) is 22.8 Å². The van der Waals surface area contributed by atoms with Gasteiger partial charge in [0.05, 0.1) is 23.4 Å². The molecule has 11 heteroatoms. The number of anilines is 1. The van der Waals surface area contributed by atoms with Crippen LogP contribution in [0.15, 0.2) is 59.4 Å². The molecule has 1 aliphatic heterocycles. The SMILES string of the molecule is N#Cc1cc(NC(=O)c2cnn(C3=CC=CC4C(=O)N=CC=C34)c2C(F)(F)F)ccn1. The second kappa shape index (κ2) is 7.49. The van der Waals surface area contributed by atoms with Crippen LogP contribution in [0.1, 0.15) is 21.7 Å². The first-order valence-electron chi connectivity index (χ1n) is 8.79. The first-order valence-corrected chi connectivity index (χ1v) is 8.79. The van der Waals surface area contributed by atoms with Crippen molar-refractivity contribution in [2.75, 3.05) is 5.32 Å². The maximum absolute atomic E-state index is 14.0. The van der Waals surface area contributed by atoms with Crippen LogP contribution >= 0.6 is 0 Å². The summed E-state index contributed by atoms with van der Waals surface area (Å²) < 4.78 is 42.5. The first-order chi connectivity index (χ1) is 14.8. The van der Waals surface area contributed by atoms with Crippen molar-refractivity contribution in [3.8, 4) is 6.07 Å². The highest BCUT2D eigenvalue weighted by Gasteiger charge is 2.42. The molecule has 4 rings (SSSR count). The second-order valence-electron chi connectivity index (χ2n) is 6.46. The minimum atomic E-state index is -4.93. The number of alkyl halides is 3. The number of nitriles is 1. The number of halogens is 3. The number of nitrogens with one attached hydrogen (secondary N) is 1. The maximum atomic E-state index is 14.0. The lowest BCUT2D eigenvalue weighted by Gasteiger charge is -2.23. The number of carbonyl (C=O) groups is 2. The molecule has 0 bridgehead atoms. The number of hydrogen-bond donors (Lipinski definition) is 1. The normalized spacial score (nSPS) is 17.5. The fourth-order valence-corrected chi connectivity index (χ4v) is 3.22. The van der Waals surface area contributed by atoms with Gasteiger partial charge in [-0.25, -0.2) is 14.7 Å². The Bertz CT molecular complexity index is 1260. The number of carbonyl (C=O) groups excluding carboxylic acids is 2. The molecule has 0 radical (unpaired) electrons. The molecule has 0 spiro atoms. The largest absolute Gasteiger partial charge is 0.434 e. The van der Waals surface area contributed by atoms with Crippen LogP contribution in [0.3, 0.4) is 0 Å². The van der Waals surface area contributed by atoms with E-state index in [0.717, 1.165) is 6.20 Å². The van der Waals surface area contributed by atoms with Crippen LogP contribution in [-0.2, 0) is 11.0 Å². The van der Waals surface area contributed by atoms with Gasteiger partial charge >= 0.3 is 6.18 Å². The summed E-state index contributed by atoms with van der Waals surface area (Å²) in [6.07, 6.45) is 4.11. The summed E-state index contributed by atoms with van der Waals surface area (Å²) in [4.78, 5) is 32.0. The Morgan fingerprint density at radius 2 is 2.10 bits per heavy atom. The van der Waals surface area contributed by atoms with E-state index in [4.69, 9.17) is 5.26 Å². The van der Waals surface area contributed by atoms with Crippen molar-refractivity contribution in [2.24, 2.45) is 10.9 Å². The number of amides is 2. The number of allylic oxidation sites excluding steroid dienone is 4. The number of aromatic nitrogens is 3. The highest BCUT2D eigenvalue weighted by Crippen LogP contribution is 2.38. The van der Waals surface area contributed by atoms with Crippen LogP contribution in [0, 0.1) is 17.2 Å². The molecule has 1 atom stereocenters. The third-order valence-corrected chi connectivity index (χ3v) is 4.55. The predicted molar refractivity (Wildman–Crippen MR) is 103 cm³/mol. The molecule has 0 aromatic carbocycles. The van der Waals surface area contributed by atoms with Gasteiger partial charge in [0.25, 0.3) is 11.8 Å². The Morgan fingerprint density at radius 3 is 2.84 bits per heavy atom. The van der Waals surface area contributed by atoms with E-state index >= 15 is 0 Å². The molecule has 1 aliphatic carbocycles. The number of nitrogens with zero attached hydrogens (tertiary/aromatic N) is 5. The molecule has 2 amide bonds. The Kier molecular flexibility index (Phi) is 4.82. The van der Waals surface area contributed by atoms with Crippen LogP contribution in [0.4, 0.5) is 18.9 Å². The lowest BCUT2D eigenvalue weighted by molar-refractivity contribution is -0.143. The second-order valence-corrected chi connectivity index (χ2v) is 6.46. The van der Waals surface area contributed by atoms with Crippen molar-refractivity contribution in [2.45, 2.75) is 6.18 Å². The van der Waals surface area contributed by atoms with Crippen LogP contribution in [-0.4, -0.2) is 32.8 Å². The van der Waals surface area contributed by atoms with E-state index in [1.54, 1.807) is 6.07 Å². The van der Waals surface area contributed by atoms with Crippen molar-refractivity contribution < 1.29 is 22.8 Å². The predicted octanol–water partition coefficient (Wildman–Crippen LogP) is 2.99. The summed E-state index contributed by atoms with van der Waals surface area (Å²) in [5.41, 5.74) is -1.62. The molecule has 1 N–H and O–H groups in total. The minimum Gasteiger partial charge on any atom is -0.322 e. The molecule has 0 saturated carbocycles. The van der Waals surface area contributed by atoms with Gasteiger partial charge in [0.1, 0.15) is 11.8 Å². The Morgan fingerprint density at radius 1 is 1.29 bits per heavy atom. The molecule has 3 heterocycles. The first kappa shape index (κ1) is 20.0. The van der Waals surface area contributed by atoms with Gasteiger partial charge in [-0.15, -0.1) is 0 Å². The molecule has 31 heavy (non-hydrogen) atoms. The summed E-state index contributed by atoms with van der Waals surface area (Å²) in [5, 5.41) is 15.0. The fourth-order valence-electron chi connectivity index (χ4n) is 3.22. The zero-order chi connectivity index (χ0) is 22.2. The lowest BCUT2D eigenvalue weighted by Crippen LogP contribution is -2.25. The van der Waals surface area contributed by atoms with Gasteiger partial charge in [0, 0.05) is 18.1 Å². The van der Waals surface area contributed by atoms with Crippen LogP contribution in [0.5, 0.6) is 0 Å². The molecule has 0 saturated heterocycles. The zero-order valence-electron chi connectivity index (χ0n) is 15.5. The summed E-state index contributed by atoms with van der Waals surface area (Å²) in [6.45, 7) is 0. The highest BCUT2D eigenvalue weighted by molar-refractivity contribution is 6.06. The molecule has 2 aromatic rings. The van der Waals surface area contributed by atoms with Crippen LogP contribution < -0.4 is 5.32 Å². The minimum absolute atomic E-state index is 0.00838. The number of pyridine rings is 1. The van der Waals surface area contributed by atoms with Gasteiger partial charge in [0.2, 0.25) is 0 Å². The smallest absolute Gasteiger partial charge is 0.322 e. The van der Waals surface area contributed by atoms with Crippen molar-refractivity contribution >= 4 is 29.4 Å². The number of fused-ring (bicyclic) bond motifs is 1. The number of aliphatic imine (C=N–C) groups is 1. The average Bonchev–Trinajstić information content (AvgIpc) is 3.20. The van der Waals surface area contributed by atoms with E-state index < -0.39 is 35.2 Å². The lowest BCUT2D eigenvalue weighted by atomic mass is 9.89. The van der Waals surface area contributed by atoms with Gasteiger partial charge in [0.15, 0.2) is 5.69 Å². The quantitative estimate of drug-likeness (QED) is 0.814. The molecule has 8 nitrogen and oxygen atoms in total. The maximum Gasteiger partial charge on any atom is 0.434 e. The third kappa shape index (κ3) is 3.66. The summed E-state index contributed by atoms with van der Waals surface area (Å²) >= 11 is 0. The summed E-state index contributed by atoms with van der Waals surface area (Å²) in [7, 11) is 0. The number of hydrogen-bond acceptors (Lipinski definition) is 5. The summed E-state index contributed by atoms with van der Waals surface area (Å²) in [6, 6.07) is 4.35. The van der Waals surface area contributed by atoms with Gasteiger partial charge < -0.3 is 5.32 Å². The topological polar surface area (TPSA) is 113 Å². The average molecular weight is 424 g/mol. The van der Waals surface area contributed by atoms with Crippen LogP contribution in [0.25, 0.3) is 5.70 Å². The van der Waals surface area contributed by atoms with Gasteiger partial charge in [-0.3, -0.25) is 9.59 Å². The molecular formula is C20H11F3N6O2. The Labute approximate surface area is 172 Å². The van der Waals surface area contributed by atoms with Crippen molar-refractivity contribution in [3.63, 3.8) is 0 Å². The van der Waals surface area contributed by atoms with Crippen molar-refractivity contribution in [3.05, 3.63) is 71.4 Å². The van der Waals surface area contributed by atoms with Gasteiger partial charge in [-0.2, -0.15) is 23.5 Å². The van der Waals surface area contributed by atoms with Gasteiger partial charge in [-0.1, -0.05) is 12.2 Å². The molecule has 2 aliphatic rings. The number of dihydropyridines is 1. The Hall–Kier alpha value is -4.33. The van der Waals surface area contributed by atoms with E-state index in [0.29, 0.717) is 4.68 Å². The van der Waals surface area contributed by atoms with Crippen molar-refractivity contribution in [1.29, 1.82) is 5.26 Å². The Balaban J connectivity index is 1.76. The van der Waals surface area contributed by atoms with E-state index in [1.807, 2.05) is 0 Å². The van der Waals surface area contributed by atoms with Crippen molar-refractivity contribution in [1.82, 2.24) is 14.8 Å². The molecule has 2 aromatic heterocycles. The highest BCUT2D eigenvalue weighted by atomic mass is 19.4. The zero-order valence-corrected chi connectivity index (χ0v) is 15.5. The monoisotopic (exact) mass is 424 g/mol. The van der Waals surface area contributed by atoms with Gasteiger partial charge in [-0.05, 0) is 29.9 Å². The van der Waals surface area contributed by atoms with E-state index in [-0.39, 0.29) is 22.7 Å². The summed E-state index contributed by atoms with van der Waals surface area (Å²) in [5.74, 6) is -2.40. The molecule has 1 unspecified atom stereocenters. The third-order valence-electron chi connectivity index (χ3n) is 4.55. The molecule has 154 valence electrons. The van der Waals surface area contributed by atoms with E-state index in [1.165, 1.54) is 48.8 Å². The molecular weight excluding hydrogens is 413 g/mol.